The number of halogens is 1. The Morgan fingerprint density at radius 3 is 1.07 bits per heavy atom. The van der Waals surface area contributed by atoms with Crippen LogP contribution in [-0.2, 0) is 19.1 Å². The standard InChI is InChI=1S/C25H47ClO4/c1-22(2)29-24(27)20-18-16-14-12-10-8-6-4-5-7-9-11-13-15-17-19-21-25(28)30-23(3)26/h22-23H,4-21H2,1-3H3. The minimum Gasteiger partial charge on any atom is -0.463 e. The van der Waals surface area contributed by atoms with Crippen LogP contribution >= 0.6 is 11.6 Å². The average molecular weight is 447 g/mol. The maximum atomic E-state index is 11.4. The van der Waals surface area contributed by atoms with Gasteiger partial charge in [0.05, 0.1) is 6.10 Å². The number of esters is 2. The van der Waals surface area contributed by atoms with Gasteiger partial charge in [0.25, 0.3) is 0 Å². The van der Waals surface area contributed by atoms with Crippen LogP contribution in [0, 0.1) is 0 Å². The highest BCUT2D eigenvalue weighted by Gasteiger charge is 2.06. The zero-order chi connectivity index (χ0) is 22.5. The Morgan fingerprint density at radius 2 is 0.800 bits per heavy atom. The van der Waals surface area contributed by atoms with Crippen LogP contribution in [0.4, 0.5) is 0 Å². The fraction of sp³-hybridized carbons (Fsp3) is 0.920. The lowest BCUT2D eigenvalue weighted by Gasteiger charge is -2.07. The molecule has 0 aromatic rings. The zero-order valence-corrected chi connectivity index (χ0v) is 20.6. The molecule has 0 rings (SSSR count). The average Bonchev–Trinajstić information content (AvgIpc) is 2.65. The van der Waals surface area contributed by atoms with Crippen LogP contribution in [0.15, 0.2) is 0 Å². The van der Waals surface area contributed by atoms with Crippen molar-refractivity contribution in [2.45, 2.75) is 148 Å². The van der Waals surface area contributed by atoms with E-state index in [2.05, 4.69) is 0 Å². The third-order valence-corrected chi connectivity index (χ3v) is 5.26. The summed E-state index contributed by atoms with van der Waals surface area (Å²) in [6, 6.07) is 0. The number of carbonyl (C=O) groups is 2. The molecule has 0 radical (unpaired) electrons. The summed E-state index contributed by atoms with van der Waals surface area (Å²) in [4.78, 5) is 22.8. The first-order valence-electron chi connectivity index (χ1n) is 12.4. The lowest BCUT2D eigenvalue weighted by molar-refractivity contribution is -0.147. The predicted octanol–water partition coefficient (Wildman–Crippen LogP) is 8.09. The molecule has 0 heterocycles. The van der Waals surface area contributed by atoms with Crippen molar-refractivity contribution >= 4 is 23.5 Å². The number of rotatable bonds is 21. The van der Waals surface area contributed by atoms with E-state index in [1.807, 2.05) is 13.8 Å². The quantitative estimate of drug-likeness (QED) is 0.101. The van der Waals surface area contributed by atoms with Crippen LogP contribution in [0.1, 0.15) is 136 Å². The summed E-state index contributed by atoms with van der Waals surface area (Å²) in [6.45, 7) is 5.46. The molecule has 0 aliphatic heterocycles. The molecule has 1 unspecified atom stereocenters. The molecule has 0 bridgehead atoms. The molecule has 178 valence electrons. The Morgan fingerprint density at radius 1 is 0.533 bits per heavy atom. The molecule has 0 fully saturated rings. The van der Waals surface area contributed by atoms with Crippen LogP contribution in [0.3, 0.4) is 0 Å². The van der Waals surface area contributed by atoms with E-state index in [-0.39, 0.29) is 18.0 Å². The molecule has 0 N–H and O–H groups in total. The molecular weight excluding hydrogens is 400 g/mol. The van der Waals surface area contributed by atoms with Crippen molar-refractivity contribution in [1.82, 2.24) is 0 Å². The van der Waals surface area contributed by atoms with Gasteiger partial charge in [-0.15, -0.1) is 0 Å². The third-order valence-electron chi connectivity index (χ3n) is 5.17. The van der Waals surface area contributed by atoms with Crippen LogP contribution in [0.25, 0.3) is 0 Å². The Labute approximate surface area is 190 Å². The van der Waals surface area contributed by atoms with Crippen molar-refractivity contribution in [3.8, 4) is 0 Å². The number of hydrogen-bond acceptors (Lipinski definition) is 4. The molecule has 0 aliphatic rings. The highest BCUT2D eigenvalue weighted by atomic mass is 35.5. The van der Waals surface area contributed by atoms with Crippen LogP contribution < -0.4 is 0 Å². The number of unbranched alkanes of at least 4 members (excludes halogenated alkanes) is 15. The lowest BCUT2D eigenvalue weighted by Crippen LogP contribution is -2.10. The van der Waals surface area contributed by atoms with E-state index in [0.717, 1.165) is 25.7 Å². The summed E-state index contributed by atoms with van der Waals surface area (Å²) in [5, 5.41) is 0. The minimum atomic E-state index is -0.518. The van der Waals surface area contributed by atoms with Crippen molar-refractivity contribution in [3.63, 3.8) is 0 Å². The van der Waals surface area contributed by atoms with Gasteiger partial charge in [-0.05, 0) is 33.6 Å². The fourth-order valence-electron chi connectivity index (χ4n) is 3.58. The normalized spacial score (nSPS) is 12.2. The monoisotopic (exact) mass is 446 g/mol. The highest BCUT2D eigenvalue weighted by molar-refractivity contribution is 6.19. The fourth-order valence-corrected chi connectivity index (χ4v) is 3.67. The smallest absolute Gasteiger partial charge is 0.307 e. The molecular formula is C25H47ClO4. The number of carbonyl (C=O) groups excluding carboxylic acids is 2. The highest BCUT2D eigenvalue weighted by Crippen LogP contribution is 2.14. The number of ether oxygens (including phenoxy) is 2. The molecule has 0 saturated carbocycles. The van der Waals surface area contributed by atoms with Gasteiger partial charge in [-0.3, -0.25) is 9.59 Å². The van der Waals surface area contributed by atoms with E-state index >= 15 is 0 Å². The van der Waals surface area contributed by atoms with E-state index in [0.29, 0.717) is 12.8 Å². The summed E-state index contributed by atoms with van der Waals surface area (Å²) in [6.07, 6.45) is 21.0. The van der Waals surface area contributed by atoms with Gasteiger partial charge in [-0.1, -0.05) is 101 Å². The van der Waals surface area contributed by atoms with Crippen LogP contribution in [0.2, 0.25) is 0 Å². The molecule has 0 aliphatic carbocycles. The molecule has 0 spiro atoms. The van der Waals surface area contributed by atoms with Crippen LogP contribution in [-0.4, -0.2) is 23.6 Å². The van der Waals surface area contributed by atoms with E-state index < -0.39 is 5.56 Å². The zero-order valence-electron chi connectivity index (χ0n) is 19.9. The summed E-state index contributed by atoms with van der Waals surface area (Å²) in [7, 11) is 0. The number of alkyl halides is 1. The second kappa shape index (κ2) is 21.5. The Hall–Kier alpha value is -0.770. The first-order valence-corrected chi connectivity index (χ1v) is 12.9. The maximum Gasteiger partial charge on any atom is 0.307 e. The van der Waals surface area contributed by atoms with E-state index in [1.165, 1.54) is 77.0 Å². The molecule has 0 aromatic heterocycles. The van der Waals surface area contributed by atoms with Crippen molar-refractivity contribution in [2.75, 3.05) is 0 Å². The van der Waals surface area contributed by atoms with Crippen molar-refractivity contribution in [3.05, 3.63) is 0 Å². The molecule has 0 aromatic carbocycles. The van der Waals surface area contributed by atoms with Gasteiger partial charge in [0, 0.05) is 12.8 Å². The Kier molecular flexibility index (Phi) is 20.9. The van der Waals surface area contributed by atoms with Gasteiger partial charge in [0.15, 0.2) is 5.56 Å². The SMILES string of the molecule is CC(C)OC(=O)CCCCCCCCCCCCCCCCCCC(=O)OC(C)Cl. The predicted molar refractivity (Wildman–Crippen MR) is 126 cm³/mol. The first-order chi connectivity index (χ1) is 14.4. The minimum absolute atomic E-state index is 0.00657. The second-order valence-corrected chi connectivity index (χ2v) is 9.34. The van der Waals surface area contributed by atoms with E-state index in [4.69, 9.17) is 21.1 Å². The maximum absolute atomic E-state index is 11.4. The van der Waals surface area contributed by atoms with Gasteiger partial charge >= 0.3 is 11.9 Å². The van der Waals surface area contributed by atoms with Gasteiger partial charge in [0.2, 0.25) is 0 Å². The third kappa shape index (κ3) is 23.5. The first kappa shape index (κ1) is 29.2. The molecule has 0 saturated heterocycles. The van der Waals surface area contributed by atoms with E-state index in [1.54, 1.807) is 6.92 Å². The summed E-state index contributed by atoms with van der Waals surface area (Å²) < 4.78 is 10.0. The van der Waals surface area contributed by atoms with Gasteiger partial charge in [-0.25, -0.2) is 0 Å². The largest absolute Gasteiger partial charge is 0.463 e. The summed E-state index contributed by atoms with van der Waals surface area (Å²) in [5.41, 5.74) is -0.518. The van der Waals surface area contributed by atoms with Gasteiger partial charge < -0.3 is 9.47 Å². The van der Waals surface area contributed by atoms with Gasteiger partial charge in [-0.2, -0.15) is 0 Å². The van der Waals surface area contributed by atoms with E-state index in [9.17, 15) is 9.59 Å². The van der Waals surface area contributed by atoms with Crippen molar-refractivity contribution in [2.24, 2.45) is 0 Å². The lowest BCUT2D eigenvalue weighted by atomic mass is 10.0. The summed E-state index contributed by atoms with van der Waals surface area (Å²) in [5.74, 6) is -0.231. The Bertz CT molecular complexity index is 372. The van der Waals surface area contributed by atoms with Crippen molar-refractivity contribution < 1.29 is 19.1 Å². The molecule has 0 amide bonds. The Balaban J connectivity index is 3.15. The van der Waals surface area contributed by atoms with Gasteiger partial charge in [0.1, 0.15) is 0 Å². The topological polar surface area (TPSA) is 52.6 Å². The second-order valence-electron chi connectivity index (χ2n) is 8.73. The molecule has 30 heavy (non-hydrogen) atoms. The molecule has 5 heteroatoms. The molecule has 4 nitrogen and oxygen atoms in total. The van der Waals surface area contributed by atoms with Crippen molar-refractivity contribution in [1.29, 1.82) is 0 Å². The van der Waals surface area contributed by atoms with Crippen LogP contribution in [0.5, 0.6) is 0 Å². The number of hydrogen-bond donors (Lipinski definition) is 0. The molecule has 1 atom stereocenters. The summed E-state index contributed by atoms with van der Waals surface area (Å²) >= 11 is 5.62.